The molecule has 1 aromatic heterocycles. The zero-order chi connectivity index (χ0) is 33.1. The van der Waals surface area contributed by atoms with Gasteiger partial charge in [0.2, 0.25) is 0 Å². The molecule has 0 aliphatic rings. The fourth-order valence-corrected chi connectivity index (χ4v) is 5.32. The van der Waals surface area contributed by atoms with Gasteiger partial charge in [-0.2, -0.15) is 0 Å². The van der Waals surface area contributed by atoms with Crippen LogP contribution in [0.4, 0.5) is 23.2 Å². The SMILES string of the molecule is CSc1cc(-c2ccc(-n3cc(C(=O)C(C)C)nc3C)c(N(N)/C(=C\N)c3ccc(OC(F)(F)F)cc3)c2)cc(F)c1COO. The van der Waals surface area contributed by atoms with Crippen LogP contribution in [0, 0.1) is 18.7 Å². The number of carbonyl (C=O) groups is 1. The van der Waals surface area contributed by atoms with Crippen molar-refractivity contribution in [2.24, 2.45) is 17.5 Å². The third kappa shape index (κ3) is 7.48. The van der Waals surface area contributed by atoms with Crippen LogP contribution in [0.3, 0.4) is 0 Å². The zero-order valence-electron chi connectivity index (χ0n) is 24.7. The molecule has 0 saturated heterocycles. The van der Waals surface area contributed by atoms with Crippen LogP contribution in [0.1, 0.15) is 41.3 Å². The van der Waals surface area contributed by atoms with E-state index in [1.165, 1.54) is 41.2 Å². The lowest BCUT2D eigenvalue weighted by Crippen LogP contribution is -2.31. The Hall–Kier alpha value is -4.37. The highest BCUT2D eigenvalue weighted by Gasteiger charge is 2.31. The minimum Gasteiger partial charge on any atom is -0.406 e. The number of carbonyl (C=O) groups excluding carboxylic acids is 1. The van der Waals surface area contributed by atoms with Gasteiger partial charge in [0, 0.05) is 34.3 Å². The van der Waals surface area contributed by atoms with Crippen molar-refractivity contribution >= 4 is 28.9 Å². The van der Waals surface area contributed by atoms with Gasteiger partial charge in [0.05, 0.1) is 17.1 Å². The lowest BCUT2D eigenvalue weighted by molar-refractivity contribution is -0.274. The Balaban J connectivity index is 1.87. The molecule has 4 aromatic rings. The van der Waals surface area contributed by atoms with E-state index in [0.29, 0.717) is 38.8 Å². The molecule has 45 heavy (non-hydrogen) atoms. The number of aromatic nitrogens is 2. The molecule has 0 atom stereocenters. The Morgan fingerprint density at radius 1 is 1.13 bits per heavy atom. The van der Waals surface area contributed by atoms with Crippen LogP contribution in [0.5, 0.6) is 5.75 Å². The molecule has 0 aliphatic carbocycles. The van der Waals surface area contributed by atoms with Gasteiger partial charge >= 0.3 is 6.36 Å². The van der Waals surface area contributed by atoms with E-state index in [1.54, 1.807) is 62.1 Å². The van der Waals surface area contributed by atoms with E-state index in [1.807, 2.05) is 0 Å². The fourth-order valence-electron chi connectivity index (χ4n) is 4.67. The Labute approximate surface area is 261 Å². The van der Waals surface area contributed by atoms with Gasteiger partial charge in [-0.15, -0.1) is 24.9 Å². The number of halogens is 4. The van der Waals surface area contributed by atoms with Crippen LogP contribution < -0.4 is 21.3 Å². The van der Waals surface area contributed by atoms with Gasteiger partial charge in [-0.05, 0) is 72.8 Å². The highest BCUT2D eigenvalue weighted by molar-refractivity contribution is 7.98. The van der Waals surface area contributed by atoms with Crippen LogP contribution in [-0.4, -0.2) is 33.2 Å². The molecule has 1 heterocycles. The van der Waals surface area contributed by atoms with Crippen molar-refractivity contribution in [1.82, 2.24) is 9.55 Å². The van der Waals surface area contributed by atoms with Crippen molar-refractivity contribution in [2.75, 3.05) is 11.3 Å². The van der Waals surface area contributed by atoms with Gasteiger partial charge in [-0.3, -0.25) is 15.1 Å². The van der Waals surface area contributed by atoms with Crippen molar-refractivity contribution in [2.45, 2.75) is 38.6 Å². The standard InChI is InChI=1S/C31H31F4N5O4S/c1-17(2)30(41)25-15-39(18(3)38-25)26-10-7-20(21-11-24(32)23(16-43-42)29(13-21)45-4)12-27(26)40(37)28(14-36)19-5-8-22(9-6-19)44-31(33,34)35/h5-15,17,42H,16,36-37H2,1-4H3/b28-14-. The molecular formula is C31H31F4N5O4S. The van der Waals surface area contributed by atoms with Gasteiger partial charge in [0.15, 0.2) is 5.78 Å². The average Bonchev–Trinajstić information content (AvgIpc) is 3.38. The van der Waals surface area contributed by atoms with Crippen molar-refractivity contribution < 1.29 is 37.2 Å². The number of hydrazine groups is 1. The molecule has 0 fully saturated rings. The van der Waals surface area contributed by atoms with Crippen LogP contribution in [-0.2, 0) is 11.5 Å². The van der Waals surface area contributed by atoms with Crippen LogP contribution in [0.2, 0.25) is 0 Å². The summed E-state index contributed by atoms with van der Waals surface area (Å²) >= 11 is 1.27. The van der Waals surface area contributed by atoms with E-state index in [4.69, 9.17) is 16.8 Å². The number of imidazole rings is 1. The number of rotatable bonds is 11. The van der Waals surface area contributed by atoms with Crippen molar-refractivity contribution in [3.05, 3.63) is 95.5 Å². The van der Waals surface area contributed by atoms with Crippen molar-refractivity contribution in [1.29, 1.82) is 0 Å². The molecule has 0 radical (unpaired) electrons. The number of alkyl halides is 3. The van der Waals surface area contributed by atoms with Gasteiger partial charge in [-0.25, -0.2) is 20.1 Å². The first-order valence-corrected chi connectivity index (χ1v) is 14.7. The molecule has 0 unspecified atom stereocenters. The molecule has 4 rings (SSSR count). The number of aryl methyl sites for hydroxylation is 1. The molecule has 238 valence electrons. The smallest absolute Gasteiger partial charge is 0.406 e. The lowest BCUT2D eigenvalue weighted by Gasteiger charge is -2.26. The third-order valence-electron chi connectivity index (χ3n) is 6.87. The number of nitrogens with two attached hydrogens (primary N) is 2. The van der Waals surface area contributed by atoms with Gasteiger partial charge in [-0.1, -0.05) is 19.9 Å². The first kappa shape index (κ1) is 33.5. The maximum absolute atomic E-state index is 15.1. The summed E-state index contributed by atoms with van der Waals surface area (Å²) < 4.78 is 58.9. The molecule has 14 heteroatoms. The fraction of sp³-hybridized carbons (Fsp3) is 0.226. The van der Waals surface area contributed by atoms with Crippen LogP contribution in [0.15, 0.2) is 71.9 Å². The van der Waals surface area contributed by atoms with Gasteiger partial charge in [0.25, 0.3) is 0 Å². The lowest BCUT2D eigenvalue weighted by atomic mass is 10.0. The predicted molar refractivity (Wildman–Crippen MR) is 164 cm³/mol. The number of thioether (sulfide) groups is 1. The average molecular weight is 646 g/mol. The van der Waals surface area contributed by atoms with Crippen LogP contribution in [0.25, 0.3) is 22.5 Å². The molecule has 0 spiro atoms. The maximum atomic E-state index is 15.1. The molecular weight excluding hydrogens is 614 g/mol. The van der Waals surface area contributed by atoms with Crippen LogP contribution >= 0.6 is 11.8 Å². The highest BCUT2D eigenvalue weighted by atomic mass is 32.2. The first-order chi connectivity index (χ1) is 21.3. The quantitative estimate of drug-likeness (QED) is 0.0392. The minimum absolute atomic E-state index is 0.157. The molecule has 0 amide bonds. The Morgan fingerprint density at radius 3 is 2.40 bits per heavy atom. The zero-order valence-corrected chi connectivity index (χ0v) is 25.5. The predicted octanol–water partition coefficient (Wildman–Crippen LogP) is 7.07. The van der Waals surface area contributed by atoms with E-state index >= 15 is 4.39 Å². The third-order valence-corrected chi connectivity index (χ3v) is 7.68. The van der Waals surface area contributed by atoms with E-state index < -0.39 is 17.9 Å². The summed E-state index contributed by atoms with van der Waals surface area (Å²) in [6.07, 6.45) is -0.314. The number of Topliss-reactive ketones (excluding diaryl/α,β-unsaturated/α-hetero) is 1. The van der Waals surface area contributed by atoms with E-state index in [2.05, 4.69) is 14.6 Å². The van der Waals surface area contributed by atoms with Crippen molar-refractivity contribution in [3.8, 4) is 22.6 Å². The first-order valence-electron chi connectivity index (χ1n) is 13.5. The largest absolute Gasteiger partial charge is 0.573 e. The molecule has 0 bridgehead atoms. The van der Waals surface area contributed by atoms with E-state index in [-0.39, 0.29) is 35.3 Å². The minimum atomic E-state index is -4.86. The summed E-state index contributed by atoms with van der Waals surface area (Å²) in [5.41, 5.74) is 8.89. The molecule has 9 nitrogen and oxygen atoms in total. The van der Waals surface area contributed by atoms with E-state index in [9.17, 15) is 18.0 Å². The topological polar surface area (TPSA) is 129 Å². The van der Waals surface area contributed by atoms with Gasteiger partial charge in [0.1, 0.15) is 29.7 Å². The summed E-state index contributed by atoms with van der Waals surface area (Å²) in [4.78, 5) is 21.9. The number of anilines is 1. The van der Waals surface area contributed by atoms with Crippen molar-refractivity contribution in [3.63, 3.8) is 0 Å². The normalized spacial score (nSPS) is 12.1. The number of ether oxygens (including phenoxy) is 1. The number of ketones is 1. The second-order valence-electron chi connectivity index (χ2n) is 10.2. The Morgan fingerprint density at radius 2 is 1.82 bits per heavy atom. The summed E-state index contributed by atoms with van der Waals surface area (Å²) in [5.74, 6) is 5.69. The second-order valence-corrected chi connectivity index (χ2v) is 11.0. The summed E-state index contributed by atoms with van der Waals surface area (Å²) in [6, 6.07) is 13.2. The molecule has 0 aliphatic heterocycles. The van der Waals surface area contributed by atoms with E-state index in [0.717, 1.165) is 12.1 Å². The maximum Gasteiger partial charge on any atom is 0.573 e. The number of benzene rings is 3. The Kier molecular flexibility index (Phi) is 10.2. The Bertz CT molecular complexity index is 1720. The number of hydrogen-bond donors (Lipinski definition) is 3. The second kappa shape index (κ2) is 13.7. The van der Waals surface area contributed by atoms with Gasteiger partial charge < -0.3 is 15.0 Å². The summed E-state index contributed by atoms with van der Waals surface area (Å²) in [6.45, 7) is 4.91. The molecule has 0 saturated carbocycles. The molecule has 3 aromatic carbocycles. The summed E-state index contributed by atoms with van der Waals surface area (Å²) in [5, 5.41) is 10.2. The highest BCUT2D eigenvalue weighted by Crippen LogP contribution is 2.37. The monoisotopic (exact) mass is 645 g/mol. The number of nitrogens with zero attached hydrogens (tertiary/aromatic N) is 3. The summed E-state index contributed by atoms with van der Waals surface area (Å²) in [7, 11) is 0. The molecule has 5 N–H and O–H groups in total. The number of hydrogen-bond acceptors (Lipinski definition) is 9.